The first-order valence-corrected chi connectivity index (χ1v) is 10.1. The Balaban J connectivity index is 2.14. The summed E-state index contributed by atoms with van der Waals surface area (Å²) in [7, 11) is 5.85. The van der Waals surface area contributed by atoms with Gasteiger partial charge in [-0.2, -0.15) is 0 Å². The number of benzene rings is 2. The summed E-state index contributed by atoms with van der Waals surface area (Å²) in [6, 6.07) is 12.8. The lowest BCUT2D eigenvalue weighted by Crippen LogP contribution is -2.28. The molecule has 168 valence electrons. The van der Waals surface area contributed by atoms with Crippen molar-refractivity contribution >= 4 is 18.0 Å². The van der Waals surface area contributed by atoms with Gasteiger partial charge in [-0.05, 0) is 43.2 Å². The molecule has 0 aliphatic carbocycles. The summed E-state index contributed by atoms with van der Waals surface area (Å²) >= 11 is 0. The lowest BCUT2D eigenvalue weighted by molar-refractivity contribution is -0.136. The molecule has 1 aliphatic heterocycles. The van der Waals surface area contributed by atoms with E-state index in [4.69, 9.17) is 18.9 Å². The van der Waals surface area contributed by atoms with Crippen LogP contribution < -0.4 is 14.2 Å². The van der Waals surface area contributed by atoms with E-state index < -0.39 is 5.97 Å². The molecular weight excluding hydrogens is 410 g/mol. The highest BCUT2D eigenvalue weighted by Crippen LogP contribution is 2.41. The predicted molar refractivity (Wildman–Crippen MR) is 120 cm³/mol. The Bertz CT molecular complexity index is 1060. The van der Waals surface area contributed by atoms with Gasteiger partial charge in [-0.1, -0.05) is 30.3 Å². The van der Waals surface area contributed by atoms with E-state index in [9.17, 15) is 9.59 Å². The Hall–Kier alpha value is -3.74. The monoisotopic (exact) mass is 437 g/mol. The van der Waals surface area contributed by atoms with Crippen molar-refractivity contribution in [2.45, 2.75) is 19.9 Å². The molecular formula is C25H27NO6. The molecule has 0 fully saturated rings. The Kier molecular flexibility index (Phi) is 6.88. The van der Waals surface area contributed by atoms with Crippen LogP contribution in [0, 0.1) is 0 Å². The molecule has 0 saturated carbocycles. The highest BCUT2D eigenvalue weighted by molar-refractivity contribution is 6.16. The number of ether oxygens (including phenoxy) is 4. The molecule has 0 spiro atoms. The van der Waals surface area contributed by atoms with Crippen molar-refractivity contribution in [1.82, 2.24) is 4.90 Å². The minimum absolute atomic E-state index is 0.231. The lowest BCUT2D eigenvalue weighted by Gasteiger charge is -2.26. The van der Waals surface area contributed by atoms with Gasteiger partial charge in [-0.3, -0.25) is 4.79 Å². The molecule has 1 heterocycles. The van der Waals surface area contributed by atoms with E-state index in [-0.39, 0.29) is 23.1 Å². The second-order valence-corrected chi connectivity index (χ2v) is 7.23. The Morgan fingerprint density at radius 2 is 1.56 bits per heavy atom. The van der Waals surface area contributed by atoms with Crippen molar-refractivity contribution in [2.75, 3.05) is 28.4 Å². The largest absolute Gasteiger partial charge is 0.493 e. The maximum atomic E-state index is 13.5. The zero-order valence-corrected chi connectivity index (χ0v) is 19.1. The topological polar surface area (TPSA) is 74.3 Å². The summed E-state index contributed by atoms with van der Waals surface area (Å²) in [5.41, 5.74) is 2.59. The molecule has 7 nitrogen and oxygen atoms in total. The van der Waals surface area contributed by atoms with E-state index in [0.29, 0.717) is 28.5 Å². The Morgan fingerprint density at radius 3 is 2.06 bits per heavy atom. The molecule has 0 unspecified atom stereocenters. The predicted octanol–water partition coefficient (Wildman–Crippen LogP) is 4.15. The van der Waals surface area contributed by atoms with Gasteiger partial charge in [0.2, 0.25) is 5.75 Å². The van der Waals surface area contributed by atoms with Crippen LogP contribution in [0.15, 0.2) is 59.3 Å². The smallest absolute Gasteiger partial charge is 0.340 e. The highest BCUT2D eigenvalue weighted by atomic mass is 16.5. The van der Waals surface area contributed by atoms with Gasteiger partial charge in [0, 0.05) is 5.70 Å². The van der Waals surface area contributed by atoms with Gasteiger partial charge in [-0.15, -0.1) is 0 Å². The molecule has 0 bridgehead atoms. The van der Waals surface area contributed by atoms with Gasteiger partial charge >= 0.3 is 5.97 Å². The molecule has 0 radical (unpaired) electrons. The third-order valence-corrected chi connectivity index (χ3v) is 5.50. The number of carbonyl (C=O) groups excluding carboxylic acids is 2. The van der Waals surface area contributed by atoms with Crippen LogP contribution in [0.5, 0.6) is 17.2 Å². The van der Waals surface area contributed by atoms with Crippen LogP contribution in [-0.2, 0) is 14.3 Å². The first-order chi connectivity index (χ1) is 15.4. The van der Waals surface area contributed by atoms with Gasteiger partial charge in [0.15, 0.2) is 11.5 Å². The fourth-order valence-electron chi connectivity index (χ4n) is 3.90. The van der Waals surface area contributed by atoms with Crippen molar-refractivity contribution in [1.29, 1.82) is 0 Å². The average Bonchev–Trinajstić information content (AvgIpc) is 3.06. The number of nitrogens with zero attached hydrogens (tertiary/aromatic N) is 1. The number of methoxy groups -OCH3 is 4. The van der Waals surface area contributed by atoms with E-state index in [1.807, 2.05) is 37.3 Å². The normalized spacial score (nSPS) is 15.8. The summed E-state index contributed by atoms with van der Waals surface area (Å²) in [6.07, 6.45) is 1.64. The van der Waals surface area contributed by atoms with Gasteiger partial charge in [0.1, 0.15) is 0 Å². The van der Waals surface area contributed by atoms with Crippen LogP contribution in [0.2, 0.25) is 0 Å². The Labute approximate surface area is 187 Å². The van der Waals surface area contributed by atoms with Gasteiger partial charge in [0.05, 0.1) is 45.6 Å². The number of amides is 1. The summed E-state index contributed by atoms with van der Waals surface area (Å²) in [6.45, 7) is 3.67. The van der Waals surface area contributed by atoms with Crippen LogP contribution in [0.25, 0.3) is 6.08 Å². The number of carbonyl (C=O) groups is 2. The number of rotatable bonds is 7. The molecule has 3 rings (SSSR count). The molecule has 1 aliphatic rings. The number of esters is 1. The molecule has 1 amide bonds. The van der Waals surface area contributed by atoms with E-state index in [1.165, 1.54) is 28.4 Å². The van der Waals surface area contributed by atoms with E-state index in [1.54, 1.807) is 30.0 Å². The zero-order chi connectivity index (χ0) is 23.4. The number of hydrogen-bond acceptors (Lipinski definition) is 6. The minimum atomic E-state index is -0.572. The summed E-state index contributed by atoms with van der Waals surface area (Å²) < 4.78 is 21.2. The van der Waals surface area contributed by atoms with Crippen LogP contribution >= 0.6 is 0 Å². The second-order valence-electron chi connectivity index (χ2n) is 7.23. The van der Waals surface area contributed by atoms with Gasteiger partial charge < -0.3 is 23.8 Å². The molecule has 2 aromatic rings. The third-order valence-electron chi connectivity index (χ3n) is 5.50. The van der Waals surface area contributed by atoms with Crippen LogP contribution in [0.4, 0.5) is 0 Å². The Morgan fingerprint density at radius 1 is 0.969 bits per heavy atom. The fraction of sp³-hybridized carbons (Fsp3) is 0.280. The minimum Gasteiger partial charge on any atom is -0.493 e. The molecule has 0 saturated heterocycles. The van der Waals surface area contributed by atoms with Gasteiger partial charge in [0.25, 0.3) is 5.91 Å². The number of allylic oxidation sites excluding steroid dienone is 1. The first kappa shape index (κ1) is 22.9. The van der Waals surface area contributed by atoms with E-state index >= 15 is 0 Å². The molecule has 7 heteroatoms. The van der Waals surface area contributed by atoms with E-state index in [0.717, 1.165) is 5.56 Å². The van der Waals surface area contributed by atoms with Crippen LogP contribution in [0.1, 0.15) is 31.0 Å². The quantitative estimate of drug-likeness (QED) is 0.479. The maximum Gasteiger partial charge on any atom is 0.340 e. The molecule has 2 aromatic carbocycles. The lowest BCUT2D eigenvalue weighted by atomic mass is 10.0. The fourth-order valence-corrected chi connectivity index (χ4v) is 3.90. The van der Waals surface area contributed by atoms with E-state index in [2.05, 4.69) is 0 Å². The summed E-state index contributed by atoms with van der Waals surface area (Å²) in [5, 5.41) is 0. The molecule has 1 atom stereocenters. The summed E-state index contributed by atoms with van der Waals surface area (Å²) in [4.78, 5) is 27.8. The van der Waals surface area contributed by atoms with Crippen LogP contribution in [-0.4, -0.2) is 45.2 Å². The molecule has 0 N–H and O–H groups in total. The standard InChI is InChI=1S/C25H27NO6/c1-15(18-10-8-7-9-11-18)26-16(2)22(25(28)32-6)19(24(26)27)12-17-13-20(29-3)23(31-5)21(14-17)30-4/h7-15H,1-6H3/b19-12-/t15-/m1/s1. The molecule has 0 aromatic heterocycles. The van der Waals surface area contributed by atoms with Crippen molar-refractivity contribution < 1.29 is 28.5 Å². The highest BCUT2D eigenvalue weighted by Gasteiger charge is 2.39. The first-order valence-electron chi connectivity index (χ1n) is 10.1. The number of hydrogen-bond donors (Lipinski definition) is 0. The zero-order valence-electron chi connectivity index (χ0n) is 19.1. The van der Waals surface area contributed by atoms with Crippen molar-refractivity contribution in [3.63, 3.8) is 0 Å². The SMILES string of the molecule is COC(=O)C1=C(C)N([C@H](C)c2ccccc2)C(=O)/C1=C\c1cc(OC)c(OC)c(OC)c1. The van der Waals surface area contributed by atoms with Crippen molar-refractivity contribution in [2.24, 2.45) is 0 Å². The molecule has 32 heavy (non-hydrogen) atoms. The van der Waals surface area contributed by atoms with Gasteiger partial charge in [-0.25, -0.2) is 4.79 Å². The second kappa shape index (κ2) is 9.60. The third kappa shape index (κ3) is 4.06. The van der Waals surface area contributed by atoms with Crippen LogP contribution in [0.3, 0.4) is 0 Å². The van der Waals surface area contributed by atoms with Crippen molar-refractivity contribution in [3.8, 4) is 17.2 Å². The summed E-state index contributed by atoms with van der Waals surface area (Å²) in [5.74, 6) is 0.470. The average molecular weight is 437 g/mol. The van der Waals surface area contributed by atoms with Crippen molar-refractivity contribution in [3.05, 3.63) is 70.4 Å². The maximum absolute atomic E-state index is 13.5.